The second kappa shape index (κ2) is 7.28. The van der Waals surface area contributed by atoms with Gasteiger partial charge in [0.05, 0.1) is 11.9 Å². The van der Waals surface area contributed by atoms with Crippen molar-refractivity contribution in [1.29, 1.82) is 0 Å². The summed E-state index contributed by atoms with van der Waals surface area (Å²) < 4.78 is 10.0. The molecule has 2 N–H and O–H groups in total. The number of hydrogen-bond acceptors (Lipinski definition) is 7. The second-order valence-electron chi connectivity index (χ2n) is 6.15. The van der Waals surface area contributed by atoms with Gasteiger partial charge in [0.2, 0.25) is 0 Å². The third kappa shape index (κ3) is 4.49. The summed E-state index contributed by atoms with van der Waals surface area (Å²) in [5.74, 6) is -3.10. The minimum Gasteiger partial charge on any atom is -0.419 e. The predicted molar refractivity (Wildman–Crippen MR) is 96.6 cm³/mol. The van der Waals surface area contributed by atoms with E-state index in [0.29, 0.717) is 16.9 Å². The Morgan fingerprint density at radius 2 is 1.70 bits per heavy atom. The van der Waals surface area contributed by atoms with Gasteiger partial charge in [-0.05, 0) is 36.4 Å². The number of anilines is 2. The van der Waals surface area contributed by atoms with Gasteiger partial charge in [0.15, 0.2) is 5.57 Å². The average Bonchev–Trinajstić information content (AvgIpc) is 2.61. The maximum atomic E-state index is 12.2. The standard InChI is InChI=1S/C19H17N3O5/c1-19(2)26-17(24)15(18(25)27-19)11-21-13-7-5-12(6-8-13)16(23)22-14-4-3-9-20-10-14/h3-11,21H,1-2H3,(H,22,23). The van der Waals surface area contributed by atoms with Crippen LogP contribution in [0.1, 0.15) is 24.2 Å². The molecule has 3 rings (SSSR count). The van der Waals surface area contributed by atoms with Crippen molar-refractivity contribution in [3.8, 4) is 0 Å². The first kappa shape index (κ1) is 18.1. The van der Waals surface area contributed by atoms with E-state index >= 15 is 0 Å². The Morgan fingerprint density at radius 1 is 1.04 bits per heavy atom. The molecule has 1 aromatic carbocycles. The molecule has 1 fully saturated rings. The van der Waals surface area contributed by atoms with Crippen molar-refractivity contribution >= 4 is 29.2 Å². The van der Waals surface area contributed by atoms with Crippen LogP contribution in [0, 0.1) is 0 Å². The Labute approximate surface area is 155 Å². The molecule has 1 aliphatic rings. The first-order chi connectivity index (χ1) is 12.8. The molecule has 0 unspecified atom stereocenters. The monoisotopic (exact) mass is 367 g/mol. The molecule has 0 saturated carbocycles. The SMILES string of the molecule is CC1(C)OC(=O)C(=CNc2ccc(C(=O)Nc3cccnc3)cc2)C(=O)O1. The van der Waals surface area contributed by atoms with Crippen molar-refractivity contribution in [2.75, 3.05) is 10.6 Å². The Hall–Kier alpha value is -3.68. The molecule has 0 aliphatic carbocycles. The van der Waals surface area contributed by atoms with Gasteiger partial charge in [0, 0.05) is 37.5 Å². The van der Waals surface area contributed by atoms with Crippen molar-refractivity contribution in [3.63, 3.8) is 0 Å². The molecule has 8 nitrogen and oxygen atoms in total. The van der Waals surface area contributed by atoms with Crippen LogP contribution in [-0.4, -0.2) is 28.6 Å². The van der Waals surface area contributed by atoms with E-state index in [4.69, 9.17) is 9.47 Å². The minimum absolute atomic E-state index is 0.243. The fourth-order valence-corrected chi connectivity index (χ4v) is 2.29. The number of hydrogen-bond donors (Lipinski definition) is 2. The van der Waals surface area contributed by atoms with Gasteiger partial charge >= 0.3 is 11.9 Å². The average molecular weight is 367 g/mol. The molecule has 138 valence electrons. The smallest absolute Gasteiger partial charge is 0.350 e. The number of amides is 1. The van der Waals surface area contributed by atoms with Crippen molar-refractivity contribution in [2.45, 2.75) is 19.6 Å². The summed E-state index contributed by atoms with van der Waals surface area (Å²) in [6, 6.07) is 9.94. The van der Waals surface area contributed by atoms with Gasteiger partial charge in [0.1, 0.15) is 0 Å². The molecule has 0 spiro atoms. The maximum absolute atomic E-state index is 12.2. The first-order valence-corrected chi connectivity index (χ1v) is 8.09. The molecule has 1 saturated heterocycles. The third-order valence-corrected chi connectivity index (χ3v) is 3.57. The van der Waals surface area contributed by atoms with Crippen LogP contribution in [0.25, 0.3) is 0 Å². The minimum atomic E-state index is -1.28. The number of esters is 2. The van der Waals surface area contributed by atoms with Crippen molar-refractivity contribution in [1.82, 2.24) is 4.98 Å². The summed E-state index contributed by atoms with van der Waals surface area (Å²) in [7, 11) is 0. The number of benzene rings is 1. The number of aromatic nitrogens is 1. The lowest BCUT2D eigenvalue weighted by atomic mass is 10.2. The van der Waals surface area contributed by atoms with E-state index < -0.39 is 17.7 Å². The lowest BCUT2D eigenvalue weighted by Gasteiger charge is -2.29. The summed E-state index contributed by atoms with van der Waals surface area (Å²) in [5.41, 5.74) is 1.36. The molecule has 8 heteroatoms. The third-order valence-electron chi connectivity index (χ3n) is 3.57. The summed E-state index contributed by atoms with van der Waals surface area (Å²) >= 11 is 0. The Bertz CT molecular complexity index is 883. The number of pyridine rings is 1. The van der Waals surface area contributed by atoms with Crippen LogP contribution in [0.3, 0.4) is 0 Å². The van der Waals surface area contributed by atoms with Crippen LogP contribution >= 0.6 is 0 Å². The quantitative estimate of drug-likeness (QED) is 0.486. The second-order valence-corrected chi connectivity index (χ2v) is 6.15. The van der Waals surface area contributed by atoms with Crippen LogP contribution in [0.2, 0.25) is 0 Å². The number of nitrogens with one attached hydrogen (secondary N) is 2. The normalized spacial score (nSPS) is 15.4. The van der Waals surface area contributed by atoms with E-state index in [-0.39, 0.29) is 11.5 Å². The topological polar surface area (TPSA) is 107 Å². The van der Waals surface area contributed by atoms with Gasteiger partial charge in [0.25, 0.3) is 11.7 Å². The van der Waals surface area contributed by atoms with E-state index in [2.05, 4.69) is 15.6 Å². The van der Waals surface area contributed by atoms with Crippen molar-refractivity contribution in [3.05, 3.63) is 66.1 Å². The Morgan fingerprint density at radius 3 is 2.30 bits per heavy atom. The number of cyclic esters (lactones) is 2. The van der Waals surface area contributed by atoms with Gasteiger partial charge in [-0.1, -0.05) is 0 Å². The molecule has 2 heterocycles. The molecule has 0 atom stereocenters. The van der Waals surface area contributed by atoms with E-state index in [1.807, 2.05) is 0 Å². The molecule has 27 heavy (non-hydrogen) atoms. The van der Waals surface area contributed by atoms with E-state index in [1.165, 1.54) is 20.0 Å². The van der Waals surface area contributed by atoms with Gasteiger partial charge in [-0.3, -0.25) is 9.78 Å². The van der Waals surface area contributed by atoms with Crippen LogP contribution < -0.4 is 10.6 Å². The molecule has 2 aromatic rings. The lowest BCUT2D eigenvalue weighted by Crippen LogP contribution is -2.42. The zero-order valence-electron chi connectivity index (χ0n) is 14.7. The molecule has 1 aromatic heterocycles. The summed E-state index contributed by atoms with van der Waals surface area (Å²) in [5, 5.41) is 5.54. The number of carbonyl (C=O) groups excluding carboxylic acids is 3. The van der Waals surface area contributed by atoms with Crippen LogP contribution in [0.4, 0.5) is 11.4 Å². The Balaban J connectivity index is 1.65. The number of ether oxygens (including phenoxy) is 2. The molecule has 0 bridgehead atoms. The number of rotatable bonds is 4. The first-order valence-electron chi connectivity index (χ1n) is 8.09. The zero-order valence-corrected chi connectivity index (χ0v) is 14.7. The van der Waals surface area contributed by atoms with Crippen molar-refractivity contribution < 1.29 is 23.9 Å². The maximum Gasteiger partial charge on any atom is 0.350 e. The highest BCUT2D eigenvalue weighted by molar-refractivity contribution is 6.15. The summed E-state index contributed by atoms with van der Waals surface area (Å²) in [4.78, 5) is 39.9. The van der Waals surface area contributed by atoms with Crippen molar-refractivity contribution in [2.24, 2.45) is 0 Å². The fourth-order valence-electron chi connectivity index (χ4n) is 2.29. The fraction of sp³-hybridized carbons (Fsp3) is 0.158. The highest BCUT2D eigenvalue weighted by atomic mass is 16.7. The zero-order chi connectivity index (χ0) is 19.4. The van der Waals surface area contributed by atoms with E-state index in [9.17, 15) is 14.4 Å². The molecule has 0 radical (unpaired) electrons. The number of nitrogens with zero attached hydrogens (tertiary/aromatic N) is 1. The van der Waals surface area contributed by atoms with Gasteiger partial charge in [-0.2, -0.15) is 0 Å². The largest absolute Gasteiger partial charge is 0.419 e. The summed E-state index contributed by atoms with van der Waals surface area (Å²) in [6.07, 6.45) is 4.37. The van der Waals surface area contributed by atoms with Crippen LogP contribution in [0.5, 0.6) is 0 Å². The van der Waals surface area contributed by atoms with Gasteiger partial charge < -0.3 is 20.1 Å². The molecular formula is C19H17N3O5. The van der Waals surface area contributed by atoms with Gasteiger partial charge in [-0.25, -0.2) is 9.59 Å². The van der Waals surface area contributed by atoms with Gasteiger partial charge in [-0.15, -0.1) is 0 Å². The molecule has 1 amide bonds. The van der Waals surface area contributed by atoms with Crippen LogP contribution in [0.15, 0.2) is 60.6 Å². The van der Waals surface area contributed by atoms with E-state index in [0.717, 1.165) is 0 Å². The lowest BCUT2D eigenvalue weighted by molar-refractivity contribution is -0.222. The number of carbonyl (C=O) groups is 3. The molecule has 1 aliphatic heterocycles. The van der Waals surface area contributed by atoms with E-state index in [1.54, 1.807) is 48.8 Å². The summed E-state index contributed by atoms with van der Waals surface area (Å²) in [6.45, 7) is 2.95. The van der Waals surface area contributed by atoms with Crippen LogP contribution in [-0.2, 0) is 19.1 Å². The molecular weight excluding hydrogens is 350 g/mol. The predicted octanol–water partition coefficient (Wildman–Crippen LogP) is 2.47. The Kier molecular flexibility index (Phi) is 4.89. The highest BCUT2D eigenvalue weighted by Gasteiger charge is 2.38. The highest BCUT2D eigenvalue weighted by Crippen LogP contribution is 2.22.